The molecule has 0 fully saturated rings. The standard InChI is InChI=1S/3Al.As.3Ga.3In.N.P/q;;;-3;;;;3*+3;2*-3. The van der Waals surface area contributed by atoms with Crippen LogP contribution in [-0.2, 0) is 0 Å². The smallest absolute Gasteiger partial charge is 3.00 e. The van der Waals surface area contributed by atoms with Crippen molar-refractivity contribution in [2.45, 2.75) is 0 Å². The molecule has 0 aromatic rings. The van der Waals surface area contributed by atoms with E-state index in [1.807, 2.05) is 0 Å². The predicted octanol–water partition coefficient (Wildman–Crippen LogP) is -2.66. The minimum Gasteiger partial charge on any atom is -3.00 e. The zero-order valence-electron chi connectivity index (χ0n) is 6.54. The minimum atomic E-state index is 0. The molecule has 18 radical (unpaired) electrons. The molecule has 0 aliphatic heterocycles. The average molecular weight is 754 g/mol. The topological polar surface area (TPSA) is 30.5 Å². The van der Waals surface area contributed by atoms with Crippen molar-refractivity contribution in [2.24, 2.45) is 0 Å². The second-order valence-corrected chi connectivity index (χ2v) is 0. The Kier molecular flexibility index (Phi) is 1090. The summed E-state index contributed by atoms with van der Waals surface area (Å²) in [5.41, 5.74) is 0. The van der Waals surface area contributed by atoms with E-state index >= 15 is 0 Å². The fourth-order valence-corrected chi connectivity index (χ4v) is 0. The Hall–Kier alpha value is 7.07. The van der Waals surface area contributed by atoms with Crippen molar-refractivity contribution in [1.82, 2.24) is 0 Å². The van der Waals surface area contributed by atoms with Crippen LogP contribution in [0, 0.1) is 0 Å². The molecule has 0 N–H and O–H groups in total. The second kappa shape index (κ2) is 105. The SMILES string of the molecule is [Al].[Al].[Al].[As-3].[Ga].[Ga].[Ga].[In+3].[In+3].[In+3].[N-3].[P-3]. The van der Waals surface area contributed by atoms with Crippen LogP contribution in [0.3, 0.4) is 0 Å². The first-order chi connectivity index (χ1) is 0. The van der Waals surface area contributed by atoms with Crippen molar-refractivity contribution in [3.8, 4) is 0 Å². The summed E-state index contributed by atoms with van der Waals surface area (Å²) in [7, 11) is 0. The molecule has 0 spiro atoms. The molecule has 0 unspecified atom stereocenters. The van der Waals surface area contributed by atoms with Gasteiger partial charge in [0.05, 0.1) is 0 Å². The average Bonchev–Trinajstić information content (AvgIpc) is 0. The third-order valence-corrected chi connectivity index (χ3v) is 0. The Morgan fingerprint density at radius 1 is 0.500 bits per heavy atom. The summed E-state index contributed by atoms with van der Waals surface area (Å²) in [5, 5.41) is 0. The van der Waals surface area contributed by atoms with E-state index in [1.54, 1.807) is 0 Å². The Morgan fingerprint density at radius 2 is 0.500 bits per heavy atom. The van der Waals surface area contributed by atoms with Crippen molar-refractivity contribution in [3.63, 3.8) is 0 Å². The third kappa shape index (κ3) is 88.2. The molecule has 0 bridgehead atoms. The van der Waals surface area contributed by atoms with Gasteiger partial charge in [-0.3, -0.25) is 0 Å². The van der Waals surface area contributed by atoms with E-state index in [2.05, 4.69) is 0 Å². The maximum absolute atomic E-state index is 0. The van der Waals surface area contributed by atoms with Gasteiger partial charge in [0.2, 0.25) is 0 Å². The number of nitrogens with zero attached hydrogens (tertiary/aromatic N) is 1. The van der Waals surface area contributed by atoms with E-state index in [4.69, 9.17) is 0 Å². The molecule has 12 heavy (non-hydrogen) atoms. The van der Waals surface area contributed by atoms with Gasteiger partial charge in [0, 0.05) is 111 Å². The number of hydrogen-bond acceptors (Lipinski definition) is 0. The molecule has 0 aliphatic rings. The summed E-state index contributed by atoms with van der Waals surface area (Å²) >= 11 is 0. The first-order valence-electron chi connectivity index (χ1n) is 0. The third-order valence-electron chi connectivity index (χ3n) is 0. The monoisotopic (exact) mass is 752 g/mol. The zero-order valence-corrected chi connectivity index (χ0v) is 29.9. The van der Waals surface area contributed by atoms with E-state index in [9.17, 15) is 0 Å². The quantitative estimate of drug-likeness (QED) is 0.191. The van der Waals surface area contributed by atoms with Crippen molar-refractivity contribution in [3.05, 3.63) is 6.15 Å². The van der Waals surface area contributed by atoms with Gasteiger partial charge in [-0.05, 0) is 0 Å². The van der Waals surface area contributed by atoms with Gasteiger partial charge in [-0.25, -0.2) is 0 Å². The van der Waals surface area contributed by atoms with Crippen molar-refractivity contribution in [1.29, 1.82) is 0 Å². The largest absolute Gasteiger partial charge is 3.00 e. The molecule has 0 heterocycles. The predicted molar refractivity (Wildman–Crippen MR) is 67.8 cm³/mol. The Labute approximate surface area is 218 Å². The van der Waals surface area contributed by atoms with Gasteiger partial charge in [0.1, 0.15) is 0 Å². The van der Waals surface area contributed by atoms with E-state index < -0.39 is 0 Å². The summed E-state index contributed by atoms with van der Waals surface area (Å²) in [6.07, 6.45) is 0. The van der Waals surface area contributed by atoms with Gasteiger partial charge in [0.15, 0.2) is 0 Å². The number of rotatable bonds is 0. The van der Waals surface area contributed by atoms with Crippen LogP contribution in [-0.4, -0.2) is 207 Å². The summed E-state index contributed by atoms with van der Waals surface area (Å²) in [6, 6.07) is 0. The molecule has 0 amide bonds. The fourth-order valence-electron chi connectivity index (χ4n) is 0. The van der Waals surface area contributed by atoms with Crippen LogP contribution in [0.15, 0.2) is 0 Å². The van der Waals surface area contributed by atoms with E-state index in [-0.39, 0.29) is 223 Å². The molecule has 42 valence electrons. The van der Waals surface area contributed by atoms with Crippen LogP contribution in [0.4, 0.5) is 0 Å². The van der Waals surface area contributed by atoms with Gasteiger partial charge < -0.3 is 34.0 Å². The van der Waals surface area contributed by atoms with Gasteiger partial charge >= 0.3 is 77.5 Å². The molecule has 0 aromatic heterocycles. The molecule has 0 saturated heterocycles. The van der Waals surface area contributed by atoms with Crippen LogP contribution in [0.1, 0.15) is 0 Å². The zero-order chi connectivity index (χ0) is 0. The summed E-state index contributed by atoms with van der Waals surface area (Å²) in [4.78, 5) is 0. The van der Waals surface area contributed by atoms with Crippen LogP contribution < -0.4 is 0 Å². The summed E-state index contributed by atoms with van der Waals surface area (Å²) in [5.74, 6) is 0. The molecule has 0 rings (SSSR count). The molecule has 0 saturated carbocycles. The van der Waals surface area contributed by atoms with Gasteiger partial charge in [-0.15, -0.1) is 0 Å². The minimum absolute atomic E-state index is 0. The Balaban J connectivity index is 0. The van der Waals surface area contributed by atoms with Gasteiger partial charge in [-0.1, -0.05) is 0 Å². The van der Waals surface area contributed by atoms with Crippen molar-refractivity contribution in [2.75, 3.05) is 0 Å². The van der Waals surface area contributed by atoms with Crippen LogP contribution in [0.25, 0.3) is 6.15 Å². The van der Waals surface area contributed by atoms with Crippen LogP contribution >= 0.6 is 9.90 Å². The maximum atomic E-state index is 0. The van der Waals surface area contributed by atoms with Gasteiger partial charge in [-0.2, -0.15) is 0 Å². The molecular weight excluding hydrogens is 754 g/mol. The maximum Gasteiger partial charge on any atom is 3.00 e. The molecule has 12 heteroatoms. The summed E-state index contributed by atoms with van der Waals surface area (Å²) in [6.45, 7) is 0. The Bertz CT molecular complexity index is 28.8. The molecule has 0 atom stereocenters. The van der Waals surface area contributed by atoms with Crippen LogP contribution in [0.5, 0.6) is 0 Å². The molecule has 1 nitrogen and oxygen atoms in total. The van der Waals surface area contributed by atoms with E-state index in [0.717, 1.165) is 0 Å². The van der Waals surface area contributed by atoms with Gasteiger partial charge in [0.25, 0.3) is 0 Å². The molecular formula is Al3AsGa3In3NP. The number of hydrogen-bond donors (Lipinski definition) is 0. The fraction of sp³-hybridized carbons (Fsp3) is 0. The van der Waals surface area contributed by atoms with E-state index in [0.29, 0.717) is 0 Å². The first-order valence-corrected chi connectivity index (χ1v) is 0. The van der Waals surface area contributed by atoms with Crippen molar-refractivity contribution < 1.29 is 0 Å². The van der Waals surface area contributed by atoms with Crippen molar-refractivity contribution >= 4 is 217 Å². The van der Waals surface area contributed by atoms with E-state index in [1.165, 1.54) is 0 Å². The Morgan fingerprint density at radius 3 is 0.500 bits per heavy atom. The van der Waals surface area contributed by atoms with Crippen LogP contribution in [0.2, 0.25) is 0 Å². The molecule has 0 aromatic carbocycles. The molecule has 0 aliphatic carbocycles. The second-order valence-electron chi connectivity index (χ2n) is 0. The first kappa shape index (κ1) is 125. The summed E-state index contributed by atoms with van der Waals surface area (Å²) < 4.78 is 0. The normalized spacial score (nSPS) is 0.